The molecule has 0 fully saturated rings. The number of rotatable bonds is 4. The highest BCUT2D eigenvalue weighted by atomic mass is 19.4. The highest BCUT2D eigenvalue weighted by Crippen LogP contribution is 2.31. The summed E-state index contributed by atoms with van der Waals surface area (Å²) in [6, 6.07) is 12.8. The van der Waals surface area contributed by atoms with Gasteiger partial charge in [0.25, 0.3) is 5.91 Å². The molecule has 2 N–H and O–H groups in total. The Morgan fingerprint density at radius 1 is 0.923 bits per heavy atom. The highest BCUT2D eigenvalue weighted by molar-refractivity contribution is 6.07. The lowest BCUT2D eigenvalue weighted by atomic mass is 10.2. The zero-order valence-corrected chi connectivity index (χ0v) is 13.3. The molecule has 0 spiro atoms. The van der Waals surface area contributed by atoms with E-state index >= 15 is 0 Å². The average Bonchev–Trinajstić information content (AvgIpc) is 2.62. The van der Waals surface area contributed by atoms with Gasteiger partial charge >= 0.3 is 6.18 Å². The highest BCUT2D eigenvalue weighted by Gasteiger charge is 2.30. The number of anilines is 3. The van der Waals surface area contributed by atoms with Crippen LogP contribution in [0.15, 0.2) is 67.0 Å². The Kier molecular flexibility index (Phi) is 4.83. The first kappa shape index (κ1) is 17.4. The molecule has 0 bridgehead atoms. The SMILES string of the molecule is O=C(Nc1ccccn1)c1cccnc1Nc1cccc(C(F)(F)F)c1. The first-order valence-corrected chi connectivity index (χ1v) is 7.55. The van der Waals surface area contributed by atoms with Crippen molar-refractivity contribution in [2.45, 2.75) is 6.18 Å². The summed E-state index contributed by atoms with van der Waals surface area (Å²) in [5, 5.41) is 5.37. The predicted octanol–water partition coefficient (Wildman–Crippen LogP) is 4.49. The Balaban J connectivity index is 1.85. The summed E-state index contributed by atoms with van der Waals surface area (Å²) >= 11 is 0. The number of hydrogen-bond acceptors (Lipinski definition) is 4. The van der Waals surface area contributed by atoms with Crippen LogP contribution in [0.3, 0.4) is 0 Å². The maximum Gasteiger partial charge on any atom is 0.416 e. The van der Waals surface area contributed by atoms with E-state index in [0.29, 0.717) is 5.82 Å². The molecule has 5 nitrogen and oxygen atoms in total. The molecule has 2 aromatic heterocycles. The van der Waals surface area contributed by atoms with Crippen LogP contribution in [0.2, 0.25) is 0 Å². The van der Waals surface area contributed by atoms with Gasteiger partial charge in [-0.25, -0.2) is 9.97 Å². The van der Waals surface area contributed by atoms with Crippen molar-refractivity contribution in [1.29, 1.82) is 0 Å². The quantitative estimate of drug-likeness (QED) is 0.721. The van der Waals surface area contributed by atoms with Crippen LogP contribution in [0.1, 0.15) is 15.9 Å². The average molecular weight is 358 g/mol. The molecule has 26 heavy (non-hydrogen) atoms. The first-order valence-electron chi connectivity index (χ1n) is 7.55. The van der Waals surface area contributed by atoms with Crippen molar-refractivity contribution >= 4 is 23.2 Å². The zero-order valence-electron chi connectivity index (χ0n) is 13.3. The van der Waals surface area contributed by atoms with E-state index in [4.69, 9.17) is 0 Å². The van der Waals surface area contributed by atoms with Gasteiger partial charge in [-0.3, -0.25) is 4.79 Å². The van der Waals surface area contributed by atoms with Gasteiger partial charge < -0.3 is 10.6 Å². The van der Waals surface area contributed by atoms with Crippen molar-refractivity contribution < 1.29 is 18.0 Å². The second-order valence-electron chi connectivity index (χ2n) is 5.27. The standard InChI is InChI=1S/C18H13F3N4O/c19-18(20,21)12-5-3-6-13(11-12)24-16-14(7-4-10-23-16)17(26)25-15-8-1-2-9-22-15/h1-11H,(H,23,24)(H,22,25,26). The van der Waals surface area contributed by atoms with E-state index in [1.807, 2.05) is 0 Å². The molecule has 0 saturated heterocycles. The number of hydrogen-bond donors (Lipinski definition) is 2. The fourth-order valence-electron chi connectivity index (χ4n) is 2.22. The van der Waals surface area contributed by atoms with Gasteiger partial charge in [0.1, 0.15) is 11.6 Å². The number of alkyl halides is 3. The van der Waals surface area contributed by atoms with E-state index in [1.54, 1.807) is 24.3 Å². The lowest BCUT2D eigenvalue weighted by Gasteiger charge is -2.13. The number of carbonyl (C=O) groups is 1. The molecule has 132 valence electrons. The van der Waals surface area contributed by atoms with E-state index in [9.17, 15) is 18.0 Å². The third-order valence-corrected chi connectivity index (χ3v) is 3.41. The summed E-state index contributed by atoms with van der Waals surface area (Å²) in [6.45, 7) is 0. The molecule has 0 saturated carbocycles. The normalized spacial score (nSPS) is 11.0. The topological polar surface area (TPSA) is 66.9 Å². The number of amides is 1. The van der Waals surface area contributed by atoms with Crippen molar-refractivity contribution in [3.63, 3.8) is 0 Å². The minimum Gasteiger partial charge on any atom is -0.340 e. The van der Waals surface area contributed by atoms with Crippen molar-refractivity contribution in [3.8, 4) is 0 Å². The Morgan fingerprint density at radius 3 is 2.46 bits per heavy atom. The fraction of sp³-hybridized carbons (Fsp3) is 0.0556. The van der Waals surface area contributed by atoms with Crippen molar-refractivity contribution in [2.24, 2.45) is 0 Å². The van der Waals surface area contributed by atoms with Gasteiger partial charge in [-0.05, 0) is 42.5 Å². The molecule has 1 aromatic carbocycles. The van der Waals surface area contributed by atoms with Gasteiger partial charge in [0.15, 0.2) is 0 Å². The Morgan fingerprint density at radius 2 is 1.73 bits per heavy atom. The number of pyridine rings is 2. The molecule has 0 aliphatic heterocycles. The predicted molar refractivity (Wildman–Crippen MR) is 91.2 cm³/mol. The number of nitrogens with zero attached hydrogens (tertiary/aromatic N) is 2. The second-order valence-corrected chi connectivity index (χ2v) is 5.27. The molecule has 0 radical (unpaired) electrons. The van der Waals surface area contributed by atoms with Gasteiger partial charge in [0.2, 0.25) is 0 Å². The lowest BCUT2D eigenvalue weighted by Crippen LogP contribution is -2.15. The van der Waals surface area contributed by atoms with Gasteiger partial charge in [-0.1, -0.05) is 12.1 Å². The monoisotopic (exact) mass is 358 g/mol. The van der Waals surface area contributed by atoms with Crippen molar-refractivity contribution in [2.75, 3.05) is 10.6 Å². The van der Waals surface area contributed by atoms with Crippen LogP contribution in [0.5, 0.6) is 0 Å². The number of carbonyl (C=O) groups excluding carboxylic acids is 1. The van der Waals surface area contributed by atoms with Gasteiger partial charge in [-0.2, -0.15) is 13.2 Å². The molecule has 1 amide bonds. The summed E-state index contributed by atoms with van der Waals surface area (Å²) < 4.78 is 38.5. The van der Waals surface area contributed by atoms with Crippen LogP contribution in [-0.2, 0) is 6.18 Å². The summed E-state index contributed by atoms with van der Waals surface area (Å²) in [5.41, 5.74) is -0.445. The molecular formula is C18H13F3N4O. The Hall–Kier alpha value is -3.42. The molecule has 0 atom stereocenters. The molecule has 3 rings (SSSR count). The van der Waals surface area contributed by atoms with Gasteiger partial charge in [-0.15, -0.1) is 0 Å². The third kappa shape index (κ3) is 4.15. The summed E-state index contributed by atoms with van der Waals surface area (Å²) in [6.07, 6.45) is -1.49. The molecular weight excluding hydrogens is 345 g/mol. The summed E-state index contributed by atoms with van der Waals surface area (Å²) in [5.74, 6) is 0.0119. The molecule has 3 aromatic rings. The maximum absolute atomic E-state index is 12.8. The molecule has 8 heteroatoms. The lowest BCUT2D eigenvalue weighted by molar-refractivity contribution is -0.137. The molecule has 0 aliphatic carbocycles. The molecule has 0 aliphatic rings. The number of benzene rings is 1. The molecule has 2 heterocycles. The van der Waals surface area contributed by atoms with Crippen LogP contribution < -0.4 is 10.6 Å². The fourth-order valence-corrected chi connectivity index (χ4v) is 2.22. The van der Waals surface area contributed by atoms with Gasteiger partial charge in [0, 0.05) is 18.1 Å². The van der Waals surface area contributed by atoms with Crippen LogP contribution in [0, 0.1) is 0 Å². The second kappa shape index (κ2) is 7.22. The molecule has 0 unspecified atom stereocenters. The van der Waals surface area contributed by atoms with Crippen LogP contribution >= 0.6 is 0 Å². The van der Waals surface area contributed by atoms with E-state index < -0.39 is 17.6 Å². The summed E-state index contributed by atoms with van der Waals surface area (Å²) in [7, 11) is 0. The largest absolute Gasteiger partial charge is 0.416 e. The third-order valence-electron chi connectivity index (χ3n) is 3.41. The number of nitrogens with one attached hydrogen (secondary N) is 2. The van der Waals surface area contributed by atoms with E-state index in [0.717, 1.165) is 12.1 Å². The van der Waals surface area contributed by atoms with Crippen LogP contribution in [0.4, 0.5) is 30.5 Å². The van der Waals surface area contributed by atoms with Crippen molar-refractivity contribution in [1.82, 2.24) is 9.97 Å². The van der Waals surface area contributed by atoms with E-state index in [1.165, 1.54) is 30.6 Å². The Bertz CT molecular complexity index is 914. The number of halogens is 3. The van der Waals surface area contributed by atoms with Crippen molar-refractivity contribution in [3.05, 3.63) is 78.1 Å². The Labute approximate surface area is 146 Å². The smallest absolute Gasteiger partial charge is 0.340 e. The zero-order chi connectivity index (χ0) is 18.6. The van der Waals surface area contributed by atoms with E-state index in [-0.39, 0.29) is 17.1 Å². The minimum absolute atomic E-state index is 0.139. The van der Waals surface area contributed by atoms with Gasteiger partial charge in [0.05, 0.1) is 11.1 Å². The maximum atomic E-state index is 12.8. The van der Waals surface area contributed by atoms with Crippen LogP contribution in [0.25, 0.3) is 0 Å². The minimum atomic E-state index is -4.46. The van der Waals surface area contributed by atoms with Crippen LogP contribution in [-0.4, -0.2) is 15.9 Å². The first-order chi connectivity index (χ1) is 12.4. The number of aromatic nitrogens is 2. The summed E-state index contributed by atoms with van der Waals surface area (Å²) in [4.78, 5) is 20.5. The van der Waals surface area contributed by atoms with E-state index in [2.05, 4.69) is 20.6 Å².